The first kappa shape index (κ1) is 11.8. The predicted octanol–water partition coefficient (Wildman–Crippen LogP) is 1.74. The standard InChI is InChI=1S/C11H19N3OS/c1-3-14(8-4-5-8)11-13-9(7-15-2)10(6-12)16-11/h8H,3-7,12H2,1-2H3. The monoisotopic (exact) mass is 241 g/mol. The Kier molecular flexibility index (Phi) is 3.78. The summed E-state index contributed by atoms with van der Waals surface area (Å²) < 4.78 is 5.14. The maximum atomic E-state index is 5.72. The molecule has 1 aliphatic carbocycles. The molecule has 1 aromatic heterocycles. The molecule has 0 spiro atoms. The molecule has 1 fully saturated rings. The van der Waals surface area contributed by atoms with Crippen LogP contribution in [0, 0.1) is 0 Å². The second kappa shape index (κ2) is 5.12. The predicted molar refractivity (Wildman–Crippen MR) is 66.8 cm³/mol. The molecular weight excluding hydrogens is 222 g/mol. The van der Waals surface area contributed by atoms with Crippen molar-refractivity contribution >= 4 is 16.5 Å². The van der Waals surface area contributed by atoms with Crippen molar-refractivity contribution in [1.29, 1.82) is 0 Å². The van der Waals surface area contributed by atoms with Crippen LogP contribution in [-0.4, -0.2) is 24.7 Å². The minimum Gasteiger partial charge on any atom is -0.378 e. The summed E-state index contributed by atoms with van der Waals surface area (Å²) in [4.78, 5) is 8.17. The van der Waals surface area contributed by atoms with Crippen molar-refractivity contribution in [3.63, 3.8) is 0 Å². The highest BCUT2D eigenvalue weighted by Crippen LogP contribution is 2.35. The maximum Gasteiger partial charge on any atom is 0.186 e. The Bertz CT molecular complexity index is 349. The number of aromatic nitrogens is 1. The SMILES string of the molecule is CCN(c1nc(COC)c(CN)s1)C1CC1. The van der Waals surface area contributed by atoms with Crippen LogP contribution in [0.3, 0.4) is 0 Å². The summed E-state index contributed by atoms with van der Waals surface area (Å²) in [5, 5.41) is 1.11. The summed E-state index contributed by atoms with van der Waals surface area (Å²) >= 11 is 1.71. The molecule has 0 amide bonds. The fraction of sp³-hybridized carbons (Fsp3) is 0.727. The van der Waals surface area contributed by atoms with Gasteiger partial charge in [-0.15, -0.1) is 11.3 Å². The molecule has 4 nitrogen and oxygen atoms in total. The normalized spacial score (nSPS) is 15.4. The first-order valence-corrected chi connectivity index (χ1v) is 6.56. The van der Waals surface area contributed by atoms with Crippen LogP contribution in [0.2, 0.25) is 0 Å². The Morgan fingerprint density at radius 3 is 2.81 bits per heavy atom. The zero-order valence-corrected chi connectivity index (χ0v) is 10.7. The van der Waals surface area contributed by atoms with Gasteiger partial charge in [0, 0.05) is 31.1 Å². The lowest BCUT2D eigenvalue weighted by molar-refractivity contribution is 0.181. The van der Waals surface area contributed by atoms with Gasteiger partial charge in [0.05, 0.1) is 12.3 Å². The molecule has 0 bridgehead atoms. The minimum absolute atomic E-state index is 0.554. The van der Waals surface area contributed by atoms with Crippen molar-refractivity contribution < 1.29 is 4.74 Å². The molecule has 0 atom stereocenters. The molecule has 0 radical (unpaired) electrons. The Morgan fingerprint density at radius 1 is 1.56 bits per heavy atom. The van der Waals surface area contributed by atoms with Gasteiger partial charge in [-0.2, -0.15) is 0 Å². The third-order valence-corrected chi connectivity index (χ3v) is 3.96. The molecule has 5 heteroatoms. The fourth-order valence-corrected chi connectivity index (χ4v) is 2.91. The van der Waals surface area contributed by atoms with Crippen LogP contribution in [-0.2, 0) is 17.9 Å². The van der Waals surface area contributed by atoms with Crippen LogP contribution < -0.4 is 10.6 Å². The summed E-state index contributed by atoms with van der Waals surface area (Å²) in [6.07, 6.45) is 2.59. The number of hydrogen-bond donors (Lipinski definition) is 1. The fourth-order valence-electron chi connectivity index (χ4n) is 1.84. The summed E-state index contributed by atoms with van der Waals surface area (Å²) in [5.41, 5.74) is 6.73. The van der Waals surface area contributed by atoms with Crippen molar-refractivity contribution in [3.05, 3.63) is 10.6 Å². The number of rotatable bonds is 6. The average molecular weight is 241 g/mol. The molecule has 1 saturated carbocycles. The third kappa shape index (κ3) is 2.36. The van der Waals surface area contributed by atoms with Crippen LogP contribution in [0.25, 0.3) is 0 Å². The Labute approximate surface area is 100 Å². The largest absolute Gasteiger partial charge is 0.378 e. The Morgan fingerprint density at radius 2 is 2.31 bits per heavy atom. The quantitative estimate of drug-likeness (QED) is 0.824. The molecule has 0 aliphatic heterocycles. The summed E-state index contributed by atoms with van der Waals surface area (Å²) in [7, 11) is 1.69. The van der Waals surface area contributed by atoms with Gasteiger partial charge in [-0.1, -0.05) is 0 Å². The maximum absolute atomic E-state index is 5.72. The van der Waals surface area contributed by atoms with E-state index in [9.17, 15) is 0 Å². The molecule has 1 aromatic rings. The highest BCUT2D eigenvalue weighted by molar-refractivity contribution is 7.15. The first-order chi connectivity index (χ1) is 7.80. The van der Waals surface area contributed by atoms with Gasteiger partial charge in [0.25, 0.3) is 0 Å². The second-order valence-corrected chi connectivity index (χ2v) is 5.08. The van der Waals surface area contributed by atoms with E-state index in [1.165, 1.54) is 12.8 Å². The van der Waals surface area contributed by atoms with Crippen molar-refractivity contribution in [2.24, 2.45) is 5.73 Å². The molecular formula is C11H19N3OS. The minimum atomic E-state index is 0.554. The average Bonchev–Trinajstić information content (AvgIpc) is 3.03. The van der Waals surface area contributed by atoms with E-state index in [1.807, 2.05) is 0 Å². The summed E-state index contributed by atoms with van der Waals surface area (Å²) in [5.74, 6) is 0. The number of anilines is 1. The van der Waals surface area contributed by atoms with Gasteiger partial charge in [-0.25, -0.2) is 4.98 Å². The molecule has 0 saturated heterocycles. The van der Waals surface area contributed by atoms with E-state index in [1.54, 1.807) is 18.4 Å². The van der Waals surface area contributed by atoms with Gasteiger partial charge in [0.2, 0.25) is 0 Å². The summed E-state index contributed by atoms with van der Waals surface area (Å²) in [6, 6.07) is 0.706. The number of hydrogen-bond acceptors (Lipinski definition) is 5. The molecule has 1 aliphatic rings. The Balaban J connectivity index is 2.19. The van der Waals surface area contributed by atoms with E-state index in [0.29, 0.717) is 19.2 Å². The van der Waals surface area contributed by atoms with Crippen molar-refractivity contribution in [2.45, 2.75) is 39.0 Å². The number of ether oxygens (including phenoxy) is 1. The first-order valence-electron chi connectivity index (χ1n) is 5.74. The lowest BCUT2D eigenvalue weighted by atomic mass is 10.4. The van der Waals surface area contributed by atoms with Gasteiger partial charge < -0.3 is 15.4 Å². The van der Waals surface area contributed by atoms with Gasteiger partial charge in [0.1, 0.15) is 0 Å². The highest BCUT2D eigenvalue weighted by atomic mass is 32.1. The van der Waals surface area contributed by atoms with Gasteiger partial charge in [-0.3, -0.25) is 0 Å². The van der Waals surface area contributed by atoms with Gasteiger partial charge >= 0.3 is 0 Å². The molecule has 16 heavy (non-hydrogen) atoms. The topological polar surface area (TPSA) is 51.4 Å². The van der Waals surface area contributed by atoms with Crippen molar-refractivity contribution in [2.75, 3.05) is 18.6 Å². The molecule has 1 heterocycles. The number of methoxy groups -OCH3 is 1. The van der Waals surface area contributed by atoms with Crippen LogP contribution in [0.5, 0.6) is 0 Å². The van der Waals surface area contributed by atoms with Crippen LogP contribution in [0.15, 0.2) is 0 Å². The van der Waals surface area contributed by atoms with Crippen LogP contribution >= 0.6 is 11.3 Å². The molecule has 0 aromatic carbocycles. The zero-order valence-electron chi connectivity index (χ0n) is 9.90. The van der Waals surface area contributed by atoms with Gasteiger partial charge in [0.15, 0.2) is 5.13 Å². The number of nitrogens with two attached hydrogens (primary N) is 1. The van der Waals surface area contributed by atoms with Crippen molar-refractivity contribution in [1.82, 2.24) is 4.98 Å². The smallest absolute Gasteiger partial charge is 0.186 e. The summed E-state index contributed by atoms with van der Waals surface area (Å²) in [6.45, 7) is 4.32. The Hall–Kier alpha value is -0.650. The van der Waals surface area contributed by atoms with Crippen molar-refractivity contribution in [3.8, 4) is 0 Å². The van der Waals surface area contributed by atoms with Crippen LogP contribution in [0.1, 0.15) is 30.3 Å². The van der Waals surface area contributed by atoms with E-state index in [2.05, 4.69) is 16.8 Å². The highest BCUT2D eigenvalue weighted by Gasteiger charge is 2.30. The van der Waals surface area contributed by atoms with E-state index < -0.39 is 0 Å². The molecule has 90 valence electrons. The van der Waals surface area contributed by atoms with E-state index in [0.717, 1.165) is 22.2 Å². The lowest BCUT2D eigenvalue weighted by Gasteiger charge is -2.18. The molecule has 2 rings (SSSR count). The van der Waals surface area contributed by atoms with E-state index >= 15 is 0 Å². The van der Waals surface area contributed by atoms with Gasteiger partial charge in [-0.05, 0) is 19.8 Å². The molecule has 2 N–H and O–H groups in total. The van der Waals surface area contributed by atoms with E-state index in [4.69, 9.17) is 10.5 Å². The van der Waals surface area contributed by atoms with E-state index in [-0.39, 0.29) is 0 Å². The second-order valence-electron chi connectivity index (χ2n) is 4.02. The number of nitrogens with zero attached hydrogens (tertiary/aromatic N) is 2. The molecule has 0 unspecified atom stereocenters. The lowest BCUT2D eigenvalue weighted by Crippen LogP contribution is -2.24. The zero-order chi connectivity index (χ0) is 11.5. The third-order valence-electron chi connectivity index (χ3n) is 2.81. The van der Waals surface area contributed by atoms with Crippen LogP contribution in [0.4, 0.5) is 5.13 Å². The number of thiazole rings is 1.